The van der Waals surface area contributed by atoms with E-state index in [0.29, 0.717) is 6.42 Å². The Morgan fingerprint density at radius 3 is 2.20 bits per heavy atom. The van der Waals surface area contributed by atoms with Crippen molar-refractivity contribution >= 4 is 11.6 Å². The van der Waals surface area contributed by atoms with Crippen molar-refractivity contribution in [3.05, 3.63) is 75.8 Å². The van der Waals surface area contributed by atoms with Gasteiger partial charge < -0.3 is 5.73 Å². The molecule has 2 N–H and O–H groups in total. The fourth-order valence-electron chi connectivity index (χ4n) is 2.06. The molecule has 102 valence electrons. The van der Waals surface area contributed by atoms with Crippen molar-refractivity contribution < 1.29 is 9.72 Å². The van der Waals surface area contributed by atoms with E-state index in [4.69, 9.17) is 5.73 Å². The van der Waals surface area contributed by atoms with Crippen LogP contribution >= 0.6 is 0 Å². The summed E-state index contributed by atoms with van der Waals surface area (Å²) in [4.78, 5) is 21.7. The van der Waals surface area contributed by atoms with Crippen LogP contribution in [-0.4, -0.2) is 10.8 Å². The molecular weight excluding hydrogens is 256 g/mol. The van der Waals surface area contributed by atoms with Crippen LogP contribution in [0.2, 0.25) is 0 Å². The number of primary amides is 1. The Bertz CT molecular complexity index is 609. The quantitative estimate of drug-likeness (QED) is 0.668. The highest BCUT2D eigenvalue weighted by atomic mass is 16.6. The lowest BCUT2D eigenvalue weighted by Crippen LogP contribution is -2.23. The maximum absolute atomic E-state index is 11.6. The van der Waals surface area contributed by atoms with Crippen LogP contribution < -0.4 is 5.73 Å². The van der Waals surface area contributed by atoms with Gasteiger partial charge in [-0.15, -0.1) is 0 Å². The summed E-state index contributed by atoms with van der Waals surface area (Å²) < 4.78 is 0. The molecule has 0 saturated heterocycles. The predicted molar refractivity (Wildman–Crippen MR) is 75.2 cm³/mol. The Morgan fingerprint density at radius 1 is 1.10 bits per heavy atom. The van der Waals surface area contributed by atoms with Gasteiger partial charge in [0, 0.05) is 12.1 Å². The van der Waals surface area contributed by atoms with Gasteiger partial charge in [0.1, 0.15) is 0 Å². The summed E-state index contributed by atoms with van der Waals surface area (Å²) in [5.41, 5.74) is 7.16. The lowest BCUT2D eigenvalue weighted by Gasteiger charge is -2.13. The van der Waals surface area contributed by atoms with Gasteiger partial charge in [0.05, 0.1) is 10.8 Å². The molecule has 0 bridgehead atoms. The van der Waals surface area contributed by atoms with Gasteiger partial charge in [0.25, 0.3) is 5.69 Å². The van der Waals surface area contributed by atoms with Gasteiger partial charge in [-0.1, -0.05) is 42.5 Å². The van der Waals surface area contributed by atoms with E-state index in [1.54, 1.807) is 12.1 Å². The Kier molecular flexibility index (Phi) is 4.10. The SMILES string of the molecule is NC(=O)[C@@H](Cc1ccc([N+](=O)[O-])cc1)c1ccccc1. The van der Waals surface area contributed by atoms with E-state index >= 15 is 0 Å². The van der Waals surface area contributed by atoms with Crippen molar-refractivity contribution in [3.8, 4) is 0 Å². The number of rotatable bonds is 5. The molecule has 0 spiro atoms. The van der Waals surface area contributed by atoms with Crippen molar-refractivity contribution in [3.63, 3.8) is 0 Å². The van der Waals surface area contributed by atoms with Gasteiger partial charge in [-0.25, -0.2) is 0 Å². The zero-order chi connectivity index (χ0) is 14.5. The van der Waals surface area contributed by atoms with E-state index in [2.05, 4.69) is 0 Å². The fraction of sp³-hybridized carbons (Fsp3) is 0.133. The summed E-state index contributed by atoms with van der Waals surface area (Å²) in [5.74, 6) is -0.841. The Labute approximate surface area is 116 Å². The van der Waals surface area contributed by atoms with Crippen LogP contribution in [0, 0.1) is 10.1 Å². The van der Waals surface area contributed by atoms with Crippen molar-refractivity contribution in [2.75, 3.05) is 0 Å². The van der Waals surface area contributed by atoms with Crippen LogP contribution in [0.4, 0.5) is 5.69 Å². The van der Waals surface area contributed by atoms with Gasteiger partial charge in [0.15, 0.2) is 0 Å². The highest BCUT2D eigenvalue weighted by Crippen LogP contribution is 2.22. The minimum atomic E-state index is -0.452. The topological polar surface area (TPSA) is 86.2 Å². The molecule has 0 saturated carbocycles. The normalized spacial score (nSPS) is 11.8. The first-order valence-corrected chi connectivity index (χ1v) is 6.15. The number of hydrogen-bond acceptors (Lipinski definition) is 3. The Morgan fingerprint density at radius 2 is 1.70 bits per heavy atom. The molecule has 0 aliphatic heterocycles. The summed E-state index contributed by atoms with van der Waals surface area (Å²) >= 11 is 0. The summed E-state index contributed by atoms with van der Waals surface area (Å²) in [6.07, 6.45) is 0.428. The molecular formula is C15H14N2O3. The number of hydrogen-bond donors (Lipinski definition) is 1. The van der Waals surface area contributed by atoms with Gasteiger partial charge in [0.2, 0.25) is 5.91 Å². The maximum atomic E-state index is 11.6. The Hall–Kier alpha value is -2.69. The molecule has 0 heterocycles. The molecule has 2 rings (SSSR count). The van der Waals surface area contributed by atoms with E-state index in [1.807, 2.05) is 30.3 Å². The molecule has 0 radical (unpaired) electrons. The van der Waals surface area contributed by atoms with Gasteiger partial charge in [-0.2, -0.15) is 0 Å². The molecule has 0 fully saturated rings. The molecule has 20 heavy (non-hydrogen) atoms. The van der Waals surface area contributed by atoms with E-state index in [0.717, 1.165) is 11.1 Å². The Balaban J connectivity index is 2.21. The van der Waals surface area contributed by atoms with Crippen LogP contribution in [0.15, 0.2) is 54.6 Å². The standard InChI is InChI=1S/C15H14N2O3/c16-15(18)14(12-4-2-1-3-5-12)10-11-6-8-13(9-7-11)17(19)20/h1-9,14H,10H2,(H2,16,18)/t14-/m0/s1. The first-order chi connectivity index (χ1) is 9.58. The molecule has 0 aliphatic rings. The smallest absolute Gasteiger partial charge is 0.269 e. The van der Waals surface area contributed by atoms with E-state index in [1.165, 1.54) is 12.1 Å². The number of nitrogens with two attached hydrogens (primary N) is 1. The number of nitro benzene ring substituents is 1. The third-order valence-corrected chi connectivity index (χ3v) is 3.13. The first-order valence-electron chi connectivity index (χ1n) is 6.15. The second kappa shape index (κ2) is 5.97. The number of nitrogens with zero attached hydrogens (tertiary/aromatic N) is 1. The van der Waals surface area contributed by atoms with Crippen LogP contribution in [0.1, 0.15) is 17.0 Å². The second-order valence-corrected chi connectivity index (χ2v) is 4.49. The average Bonchev–Trinajstić information content (AvgIpc) is 2.46. The molecule has 2 aromatic carbocycles. The lowest BCUT2D eigenvalue weighted by atomic mass is 9.91. The molecule has 0 unspecified atom stereocenters. The zero-order valence-corrected chi connectivity index (χ0v) is 10.7. The minimum Gasteiger partial charge on any atom is -0.369 e. The van der Waals surface area contributed by atoms with E-state index in [-0.39, 0.29) is 5.69 Å². The summed E-state index contributed by atoms with van der Waals surface area (Å²) in [6.45, 7) is 0. The molecule has 1 atom stereocenters. The maximum Gasteiger partial charge on any atom is 0.269 e. The summed E-state index contributed by atoms with van der Waals surface area (Å²) in [5, 5.41) is 10.6. The van der Waals surface area contributed by atoms with E-state index < -0.39 is 16.7 Å². The average molecular weight is 270 g/mol. The zero-order valence-electron chi connectivity index (χ0n) is 10.7. The molecule has 0 aliphatic carbocycles. The van der Waals surface area contributed by atoms with Crippen LogP contribution in [0.5, 0.6) is 0 Å². The lowest BCUT2D eigenvalue weighted by molar-refractivity contribution is -0.384. The number of non-ortho nitro benzene ring substituents is 1. The van der Waals surface area contributed by atoms with Crippen molar-refractivity contribution in [2.24, 2.45) is 5.73 Å². The monoisotopic (exact) mass is 270 g/mol. The third kappa shape index (κ3) is 3.20. The molecule has 0 aromatic heterocycles. The summed E-state index contributed by atoms with van der Waals surface area (Å²) in [7, 11) is 0. The van der Waals surface area contributed by atoms with Gasteiger partial charge >= 0.3 is 0 Å². The number of carbonyl (C=O) groups excluding carboxylic acids is 1. The van der Waals surface area contributed by atoms with Crippen molar-refractivity contribution in [1.29, 1.82) is 0 Å². The number of amides is 1. The highest BCUT2D eigenvalue weighted by Gasteiger charge is 2.18. The molecule has 5 nitrogen and oxygen atoms in total. The van der Waals surface area contributed by atoms with Crippen LogP contribution in [-0.2, 0) is 11.2 Å². The summed E-state index contributed by atoms with van der Waals surface area (Å²) in [6, 6.07) is 15.4. The van der Waals surface area contributed by atoms with Gasteiger partial charge in [-0.3, -0.25) is 14.9 Å². The molecule has 2 aromatic rings. The second-order valence-electron chi connectivity index (χ2n) is 4.49. The van der Waals surface area contributed by atoms with Crippen molar-refractivity contribution in [2.45, 2.75) is 12.3 Å². The molecule has 5 heteroatoms. The highest BCUT2D eigenvalue weighted by molar-refractivity contribution is 5.82. The van der Waals surface area contributed by atoms with Crippen molar-refractivity contribution in [1.82, 2.24) is 0 Å². The molecule has 1 amide bonds. The van der Waals surface area contributed by atoms with Gasteiger partial charge in [-0.05, 0) is 17.5 Å². The van der Waals surface area contributed by atoms with E-state index in [9.17, 15) is 14.9 Å². The van der Waals surface area contributed by atoms with Crippen LogP contribution in [0.25, 0.3) is 0 Å². The number of benzene rings is 2. The minimum absolute atomic E-state index is 0.0316. The first kappa shape index (κ1) is 13.7. The third-order valence-electron chi connectivity index (χ3n) is 3.13. The van der Waals surface area contributed by atoms with Crippen LogP contribution in [0.3, 0.4) is 0 Å². The number of carbonyl (C=O) groups is 1. The number of nitro groups is 1. The fourth-order valence-corrected chi connectivity index (χ4v) is 2.06. The largest absolute Gasteiger partial charge is 0.369 e. The predicted octanol–water partition coefficient (Wildman–Crippen LogP) is 2.41.